The van der Waals surface area contributed by atoms with Gasteiger partial charge in [-0.2, -0.15) is 0 Å². The quantitative estimate of drug-likeness (QED) is 0.617. The van der Waals surface area contributed by atoms with Crippen molar-refractivity contribution in [3.05, 3.63) is 64.7 Å². The maximum absolute atomic E-state index is 13.6. The van der Waals surface area contributed by atoms with Crippen molar-refractivity contribution in [3.63, 3.8) is 0 Å². The van der Waals surface area contributed by atoms with Gasteiger partial charge in [0.1, 0.15) is 11.6 Å². The number of halogens is 2. The molecule has 2 aromatic carbocycles. The predicted octanol–water partition coefficient (Wildman–Crippen LogP) is 2.54. The molecule has 0 aliphatic heterocycles. The van der Waals surface area contributed by atoms with Crippen LogP contribution in [0.25, 0.3) is 0 Å². The Bertz CT molecular complexity index is 928. The summed E-state index contributed by atoms with van der Waals surface area (Å²) >= 11 is 0. The Labute approximate surface area is 152 Å². The highest BCUT2D eigenvalue weighted by atomic mass is 32.2. The standard InChI is InChI=1S/C18H21F2N3O2S/c1-12-8-13(4-7-17(12)26(3,24)25)10-22-18(21-2)23-11-14-9-15(19)5-6-16(14)20/h4-9H,10-11H2,1-3H3,(H2,21,22,23). The summed E-state index contributed by atoms with van der Waals surface area (Å²) in [5.41, 5.74) is 1.73. The molecule has 26 heavy (non-hydrogen) atoms. The largest absolute Gasteiger partial charge is 0.352 e. The molecular weight excluding hydrogens is 360 g/mol. The number of nitrogens with one attached hydrogen (secondary N) is 2. The van der Waals surface area contributed by atoms with Gasteiger partial charge in [-0.15, -0.1) is 0 Å². The Kier molecular flexibility index (Phi) is 6.31. The molecule has 0 amide bonds. The van der Waals surface area contributed by atoms with E-state index in [-0.39, 0.29) is 12.1 Å². The summed E-state index contributed by atoms with van der Waals surface area (Å²) in [6, 6.07) is 8.34. The minimum atomic E-state index is -3.26. The topological polar surface area (TPSA) is 70.6 Å². The first kappa shape index (κ1) is 19.8. The van der Waals surface area contributed by atoms with E-state index in [1.165, 1.54) is 6.26 Å². The first-order chi connectivity index (χ1) is 12.2. The number of nitrogens with zero attached hydrogens (tertiary/aromatic N) is 1. The number of sulfone groups is 1. The van der Waals surface area contributed by atoms with Crippen LogP contribution in [-0.2, 0) is 22.9 Å². The van der Waals surface area contributed by atoms with Gasteiger partial charge in [0.15, 0.2) is 15.8 Å². The van der Waals surface area contributed by atoms with Crippen LogP contribution in [0.3, 0.4) is 0 Å². The molecule has 8 heteroatoms. The van der Waals surface area contributed by atoms with E-state index in [0.717, 1.165) is 23.8 Å². The zero-order valence-corrected chi connectivity index (χ0v) is 15.6. The van der Waals surface area contributed by atoms with Crippen LogP contribution >= 0.6 is 0 Å². The van der Waals surface area contributed by atoms with Crippen molar-refractivity contribution < 1.29 is 17.2 Å². The van der Waals surface area contributed by atoms with E-state index in [2.05, 4.69) is 15.6 Å². The summed E-state index contributed by atoms with van der Waals surface area (Å²) in [5.74, 6) is -0.590. The lowest BCUT2D eigenvalue weighted by molar-refractivity contribution is 0.581. The second-order valence-corrected chi connectivity index (χ2v) is 7.87. The highest BCUT2D eigenvalue weighted by Crippen LogP contribution is 2.16. The molecule has 0 fully saturated rings. The Morgan fingerprint density at radius 3 is 2.38 bits per heavy atom. The fourth-order valence-corrected chi connectivity index (χ4v) is 3.46. The first-order valence-corrected chi connectivity index (χ1v) is 9.78. The number of aryl methyl sites for hydroxylation is 1. The van der Waals surface area contributed by atoms with Crippen LogP contribution in [0, 0.1) is 18.6 Å². The molecule has 0 saturated heterocycles. The van der Waals surface area contributed by atoms with Crippen molar-refractivity contribution in [1.82, 2.24) is 10.6 Å². The van der Waals surface area contributed by atoms with Crippen LogP contribution < -0.4 is 10.6 Å². The number of aliphatic imine (C=N–C) groups is 1. The molecule has 2 rings (SSSR count). The molecule has 2 N–H and O–H groups in total. The van der Waals surface area contributed by atoms with Gasteiger partial charge in [0.25, 0.3) is 0 Å². The minimum Gasteiger partial charge on any atom is -0.352 e. The second kappa shape index (κ2) is 8.27. The molecule has 0 aliphatic carbocycles. The predicted molar refractivity (Wildman–Crippen MR) is 97.7 cm³/mol. The third kappa shape index (κ3) is 5.26. The summed E-state index contributed by atoms with van der Waals surface area (Å²) in [5, 5.41) is 5.96. The van der Waals surface area contributed by atoms with Crippen molar-refractivity contribution >= 4 is 15.8 Å². The monoisotopic (exact) mass is 381 g/mol. The lowest BCUT2D eigenvalue weighted by Crippen LogP contribution is -2.36. The molecule has 0 heterocycles. The van der Waals surface area contributed by atoms with Crippen LogP contribution in [0.1, 0.15) is 16.7 Å². The van der Waals surface area contributed by atoms with Crippen molar-refractivity contribution in [2.75, 3.05) is 13.3 Å². The fourth-order valence-electron chi connectivity index (χ4n) is 2.50. The number of rotatable bonds is 5. The van der Waals surface area contributed by atoms with Gasteiger partial charge in [-0.05, 0) is 42.3 Å². The van der Waals surface area contributed by atoms with Crippen LogP contribution in [0.5, 0.6) is 0 Å². The van der Waals surface area contributed by atoms with E-state index in [1.54, 1.807) is 32.2 Å². The molecule has 0 aromatic heterocycles. The third-order valence-corrected chi connectivity index (χ3v) is 5.03. The number of guanidine groups is 1. The van der Waals surface area contributed by atoms with Crippen LogP contribution in [0.2, 0.25) is 0 Å². The number of hydrogen-bond acceptors (Lipinski definition) is 3. The average molecular weight is 381 g/mol. The normalized spacial score (nSPS) is 12.1. The molecule has 0 radical (unpaired) electrons. The van der Waals surface area contributed by atoms with Crippen molar-refractivity contribution in [2.45, 2.75) is 24.9 Å². The summed E-state index contributed by atoms with van der Waals surface area (Å²) in [7, 11) is -1.69. The van der Waals surface area contributed by atoms with E-state index in [0.29, 0.717) is 23.0 Å². The fraction of sp³-hybridized carbons (Fsp3) is 0.278. The molecule has 140 valence electrons. The highest BCUT2D eigenvalue weighted by molar-refractivity contribution is 7.90. The van der Waals surface area contributed by atoms with Gasteiger partial charge in [0.05, 0.1) is 4.90 Å². The molecule has 0 aliphatic rings. The van der Waals surface area contributed by atoms with Gasteiger partial charge < -0.3 is 10.6 Å². The van der Waals surface area contributed by atoms with Gasteiger partial charge in [0, 0.05) is 32.0 Å². The molecule has 0 saturated carbocycles. The number of benzene rings is 2. The maximum atomic E-state index is 13.6. The van der Waals surface area contributed by atoms with Gasteiger partial charge >= 0.3 is 0 Å². The lowest BCUT2D eigenvalue weighted by Gasteiger charge is -2.13. The smallest absolute Gasteiger partial charge is 0.191 e. The van der Waals surface area contributed by atoms with E-state index >= 15 is 0 Å². The first-order valence-electron chi connectivity index (χ1n) is 7.88. The minimum absolute atomic E-state index is 0.0787. The molecular formula is C18H21F2N3O2S. The van der Waals surface area contributed by atoms with E-state index in [1.807, 2.05) is 0 Å². The summed E-state index contributed by atoms with van der Waals surface area (Å²) in [6.07, 6.45) is 1.17. The van der Waals surface area contributed by atoms with Crippen molar-refractivity contribution in [2.24, 2.45) is 4.99 Å². The van der Waals surface area contributed by atoms with Crippen molar-refractivity contribution in [1.29, 1.82) is 0 Å². The van der Waals surface area contributed by atoms with E-state index in [4.69, 9.17) is 0 Å². The Morgan fingerprint density at radius 1 is 1.08 bits per heavy atom. The molecule has 2 aromatic rings. The van der Waals surface area contributed by atoms with Crippen molar-refractivity contribution in [3.8, 4) is 0 Å². The van der Waals surface area contributed by atoms with Gasteiger partial charge in [-0.3, -0.25) is 4.99 Å². The number of hydrogen-bond donors (Lipinski definition) is 2. The highest BCUT2D eigenvalue weighted by Gasteiger charge is 2.11. The Morgan fingerprint density at radius 2 is 1.77 bits per heavy atom. The third-order valence-electron chi connectivity index (χ3n) is 3.78. The molecule has 0 bridgehead atoms. The average Bonchev–Trinajstić information content (AvgIpc) is 2.56. The Hall–Kier alpha value is -2.48. The van der Waals surface area contributed by atoms with E-state index < -0.39 is 21.5 Å². The van der Waals surface area contributed by atoms with Crippen LogP contribution in [-0.4, -0.2) is 27.7 Å². The molecule has 5 nitrogen and oxygen atoms in total. The summed E-state index contributed by atoms with van der Waals surface area (Å²) < 4.78 is 50.1. The summed E-state index contributed by atoms with van der Waals surface area (Å²) in [6.45, 7) is 2.21. The van der Waals surface area contributed by atoms with Crippen LogP contribution in [0.15, 0.2) is 46.3 Å². The van der Waals surface area contributed by atoms with E-state index in [9.17, 15) is 17.2 Å². The van der Waals surface area contributed by atoms with Gasteiger partial charge in [-0.1, -0.05) is 12.1 Å². The van der Waals surface area contributed by atoms with Gasteiger partial charge in [-0.25, -0.2) is 17.2 Å². The zero-order chi connectivity index (χ0) is 19.3. The Balaban J connectivity index is 1.99. The summed E-state index contributed by atoms with van der Waals surface area (Å²) in [4.78, 5) is 4.33. The molecule has 0 atom stereocenters. The molecule has 0 unspecified atom stereocenters. The van der Waals surface area contributed by atoms with Crippen LogP contribution in [0.4, 0.5) is 8.78 Å². The molecule has 0 spiro atoms. The van der Waals surface area contributed by atoms with Gasteiger partial charge in [0.2, 0.25) is 0 Å². The lowest BCUT2D eigenvalue weighted by atomic mass is 10.1. The second-order valence-electron chi connectivity index (χ2n) is 5.89. The zero-order valence-electron chi connectivity index (χ0n) is 14.8. The SMILES string of the molecule is CN=C(NCc1ccc(S(C)(=O)=O)c(C)c1)NCc1cc(F)ccc1F. The maximum Gasteiger partial charge on any atom is 0.191 e.